The van der Waals surface area contributed by atoms with Crippen molar-refractivity contribution in [1.82, 2.24) is 14.8 Å². The van der Waals surface area contributed by atoms with Crippen LogP contribution in [-0.4, -0.2) is 20.7 Å². The molecule has 1 amide bonds. The molecule has 7 heteroatoms. The van der Waals surface area contributed by atoms with Gasteiger partial charge in [0.25, 0.3) is 0 Å². The molecule has 1 unspecified atom stereocenters. The van der Waals surface area contributed by atoms with Gasteiger partial charge in [0.05, 0.1) is 11.9 Å². The Bertz CT molecular complexity index is 1020. The summed E-state index contributed by atoms with van der Waals surface area (Å²) >= 11 is 6.10. The smallest absolute Gasteiger partial charge is 0.324 e. The summed E-state index contributed by atoms with van der Waals surface area (Å²) in [4.78, 5) is 29.3. The zero-order chi connectivity index (χ0) is 19.4. The lowest BCUT2D eigenvalue weighted by Gasteiger charge is -2.17. The highest BCUT2D eigenvalue weighted by atomic mass is 35.5. The number of nitrogens with one attached hydrogen (secondary N) is 1. The van der Waals surface area contributed by atoms with Crippen molar-refractivity contribution in [1.29, 1.82) is 0 Å². The molecule has 0 bridgehead atoms. The first-order valence-corrected chi connectivity index (χ1v) is 8.96. The first-order chi connectivity index (χ1) is 13.0. The Morgan fingerprint density at radius 1 is 1.19 bits per heavy atom. The van der Waals surface area contributed by atoms with Gasteiger partial charge in [-0.15, -0.1) is 0 Å². The van der Waals surface area contributed by atoms with Crippen molar-refractivity contribution in [3.05, 3.63) is 75.8 Å². The maximum Gasteiger partial charge on any atom is 0.365 e. The molecule has 2 aromatic carbocycles. The Hall–Kier alpha value is -2.99. The maximum atomic E-state index is 12.7. The third-order valence-electron chi connectivity index (χ3n) is 4.30. The van der Waals surface area contributed by atoms with Gasteiger partial charge in [-0.05, 0) is 31.0 Å². The number of hydrogen-bond donors (Lipinski definition) is 1. The van der Waals surface area contributed by atoms with E-state index in [1.807, 2.05) is 44.2 Å². The second-order valence-electron chi connectivity index (χ2n) is 6.06. The summed E-state index contributed by atoms with van der Waals surface area (Å²) in [5.41, 5.74) is 2.06. The average molecular weight is 383 g/mol. The topological polar surface area (TPSA) is 76.9 Å². The third-order valence-corrected chi connectivity index (χ3v) is 4.71. The number of aromatic nitrogens is 3. The van der Waals surface area contributed by atoms with Crippen molar-refractivity contribution in [2.24, 2.45) is 0 Å². The van der Waals surface area contributed by atoms with Crippen molar-refractivity contribution in [3.63, 3.8) is 0 Å². The van der Waals surface area contributed by atoms with Gasteiger partial charge in [0.15, 0.2) is 0 Å². The Balaban J connectivity index is 1.88. The Morgan fingerprint density at radius 2 is 1.93 bits per heavy atom. The summed E-state index contributed by atoms with van der Waals surface area (Å²) in [6.45, 7) is 3.63. The molecule has 0 aliphatic heterocycles. The molecule has 0 radical (unpaired) electrons. The molecule has 3 aromatic rings. The van der Waals surface area contributed by atoms with E-state index in [2.05, 4.69) is 15.4 Å². The van der Waals surface area contributed by atoms with Crippen LogP contribution in [0.25, 0.3) is 11.3 Å². The predicted molar refractivity (Wildman–Crippen MR) is 106 cm³/mol. The SMILES string of the molecule is CCC(C(=O)Nc1cccc(Cl)c1C)n1ncc(-c2ccccc2)nc1=O. The monoisotopic (exact) mass is 382 g/mol. The van der Waals surface area contributed by atoms with Gasteiger partial charge < -0.3 is 5.32 Å². The van der Waals surface area contributed by atoms with Crippen LogP contribution in [-0.2, 0) is 4.79 Å². The van der Waals surface area contributed by atoms with Crippen LogP contribution in [0.4, 0.5) is 5.69 Å². The van der Waals surface area contributed by atoms with Crippen molar-refractivity contribution in [2.75, 3.05) is 5.32 Å². The van der Waals surface area contributed by atoms with Crippen molar-refractivity contribution >= 4 is 23.2 Å². The van der Waals surface area contributed by atoms with E-state index in [1.54, 1.807) is 18.2 Å². The summed E-state index contributed by atoms with van der Waals surface area (Å²) in [7, 11) is 0. The van der Waals surface area contributed by atoms with Gasteiger partial charge in [-0.1, -0.05) is 54.9 Å². The molecular weight excluding hydrogens is 364 g/mol. The second-order valence-corrected chi connectivity index (χ2v) is 6.47. The van der Waals surface area contributed by atoms with Gasteiger partial charge in [0, 0.05) is 16.3 Å². The van der Waals surface area contributed by atoms with Crippen LogP contribution in [0, 0.1) is 6.92 Å². The maximum absolute atomic E-state index is 12.7. The first kappa shape index (κ1) is 18.8. The number of carbonyl (C=O) groups excluding carboxylic acids is 1. The molecule has 0 saturated heterocycles. The molecule has 1 N–H and O–H groups in total. The Morgan fingerprint density at radius 3 is 2.59 bits per heavy atom. The minimum Gasteiger partial charge on any atom is -0.324 e. The van der Waals surface area contributed by atoms with Gasteiger partial charge in [-0.3, -0.25) is 4.79 Å². The van der Waals surface area contributed by atoms with E-state index < -0.39 is 11.7 Å². The van der Waals surface area contributed by atoms with Gasteiger partial charge in [-0.2, -0.15) is 10.1 Å². The standard InChI is InChI=1S/C20H19ClN4O2/c1-3-18(19(26)23-16-11-7-10-15(21)13(16)2)25-20(27)24-17(12-22-25)14-8-5-4-6-9-14/h4-12,18H,3H2,1-2H3,(H,23,26). The van der Waals surface area contributed by atoms with Gasteiger partial charge in [-0.25, -0.2) is 9.48 Å². The molecule has 1 heterocycles. The van der Waals surface area contributed by atoms with Crippen LogP contribution in [0.3, 0.4) is 0 Å². The van der Waals surface area contributed by atoms with Crippen LogP contribution >= 0.6 is 11.6 Å². The lowest BCUT2D eigenvalue weighted by molar-refractivity contribution is -0.119. The molecule has 0 aliphatic rings. The van der Waals surface area contributed by atoms with Crippen molar-refractivity contribution in [3.8, 4) is 11.3 Å². The number of anilines is 1. The lowest BCUT2D eigenvalue weighted by Crippen LogP contribution is -2.36. The van der Waals surface area contributed by atoms with Crippen LogP contribution < -0.4 is 11.0 Å². The minimum atomic E-state index is -0.770. The van der Waals surface area contributed by atoms with Crippen molar-refractivity contribution in [2.45, 2.75) is 26.3 Å². The van der Waals surface area contributed by atoms with Gasteiger partial charge >= 0.3 is 5.69 Å². The summed E-state index contributed by atoms with van der Waals surface area (Å²) in [6.07, 6.45) is 1.89. The molecule has 27 heavy (non-hydrogen) atoms. The summed E-state index contributed by atoms with van der Waals surface area (Å²) in [5, 5.41) is 7.57. The van der Waals surface area contributed by atoms with Crippen LogP contribution in [0.15, 0.2) is 59.5 Å². The fraction of sp³-hybridized carbons (Fsp3) is 0.200. The van der Waals surface area contributed by atoms with E-state index in [9.17, 15) is 9.59 Å². The van der Waals surface area contributed by atoms with E-state index in [0.717, 1.165) is 15.8 Å². The molecule has 3 rings (SSSR count). The number of nitrogens with zero attached hydrogens (tertiary/aromatic N) is 3. The normalized spacial score (nSPS) is 11.8. The Labute approximate surface area is 161 Å². The van der Waals surface area contributed by atoms with Crippen LogP contribution in [0.2, 0.25) is 5.02 Å². The van der Waals surface area contributed by atoms with E-state index in [4.69, 9.17) is 11.6 Å². The van der Waals surface area contributed by atoms with Crippen LogP contribution in [0.1, 0.15) is 24.9 Å². The molecule has 1 atom stereocenters. The minimum absolute atomic E-state index is 0.341. The summed E-state index contributed by atoms with van der Waals surface area (Å²) < 4.78 is 1.11. The Kier molecular flexibility index (Phi) is 5.66. The molecule has 6 nitrogen and oxygen atoms in total. The highest BCUT2D eigenvalue weighted by molar-refractivity contribution is 6.31. The summed E-state index contributed by atoms with van der Waals surface area (Å²) in [6, 6.07) is 13.8. The largest absolute Gasteiger partial charge is 0.365 e. The molecule has 0 saturated carbocycles. The summed E-state index contributed by atoms with van der Waals surface area (Å²) in [5.74, 6) is -0.341. The quantitative estimate of drug-likeness (QED) is 0.726. The zero-order valence-corrected chi connectivity index (χ0v) is 15.8. The van der Waals surface area contributed by atoms with E-state index in [-0.39, 0.29) is 5.91 Å². The highest BCUT2D eigenvalue weighted by Crippen LogP contribution is 2.24. The van der Waals surface area contributed by atoms with Crippen LogP contribution in [0.5, 0.6) is 0 Å². The first-order valence-electron chi connectivity index (χ1n) is 8.58. The third kappa shape index (κ3) is 4.06. The molecule has 0 fully saturated rings. The lowest BCUT2D eigenvalue weighted by atomic mass is 10.1. The number of hydrogen-bond acceptors (Lipinski definition) is 4. The molecule has 0 aliphatic carbocycles. The number of amides is 1. The van der Waals surface area contributed by atoms with E-state index in [0.29, 0.717) is 22.8 Å². The molecular formula is C20H19ClN4O2. The highest BCUT2D eigenvalue weighted by Gasteiger charge is 2.22. The second kappa shape index (κ2) is 8.14. The zero-order valence-electron chi connectivity index (χ0n) is 15.0. The fourth-order valence-corrected chi connectivity index (χ4v) is 2.91. The predicted octanol–water partition coefficient (Wildman–Crippen LogP) is 3.86. The van der Waals surface area contributed by atoms with Gasteiger partial charge in [0.1, 0.15) is 6.04 Å². The number of halogens is 1. The van der Waals surface area contributed by atoms with Gasteiger partial charge in [0.2, 0.25) is 5.91 Å². The van der Waals surface area contributed by atoms with E-state index in [1.165, 1.54) is 6.20 Å². The fourth-order valence-electron chi connectivity index (χ4n) is 2.74. The number of rotatable bonds is 5. The van der Waals surface area contributed by atoms with Crippen molar-refractivity contribution < 1.29 is 4.79 Å². The number of benzene rings is 2. The average Bonchev–Trinajstić information content (AvgIpc) is 2.68. The van der Waals surface area contributed by atoms with E-state index >= 15 is 0 Å². The molecule has 138 valence electrons. The number of carbonyl (C=O) groups is 1. The molecule has 0 spiro atoms. The molecule has 1 aromatic heterocycles.